The molecule has 0 aromatic heterocycles. The van der Waals surface area contributed by atoms with Gasteiger partial charge in [0.15, 0.2) is 0 Å². The summed E-state index contributed by atoms with van der Waals surface area (Å²) < 4.78 is 0. The molecule has 0 heterocycles. The second kappa shape index (κ2) is 27.9. The van der Waals surface area contributed by atoms with E-state index in [1.165, 1.54) is 7.05 Å². The molecule has 3 unspecified atom stereocenters. The average Bonchev–Trinajstić information content (AvgIpc) is 3.04. The van der Waals surface area contributed by atoms with E-state index in [-0.39, 0.29) is 44.4 Å². The number of nitrogens with two attached hydrogens (primary N) is 1. The molecule has 0 aromatic carbocycles. The number of carbonyl (C=O) groups excluding carboxylic acids is 7. The van der Waals surface area contributed by atoms with Crippen molar-refractivity contribution in [2.24, 2.45) is 5.73 Å². The van der Waals surface area contributed by atoms with E-state index in [1.54, 1.807) is 34.7 Å². The molecule has 0 aromatic rings. The van der Waals surface area contributed by atoms with Gasteiger partial charge in [0.2, 0.25) is 41.4 Å². The summed E-state index contributed by atoms with van der Waals surface area (Å²) in [5.74, 6) is -3.99. The number of nitrogens with one attached hydrogen (secondary N) is 7. The molecule has 0 aliphatic rings. The van der Waals surface area contributed by atoms with Crippen LogP contribution in [-0.2, 0) is 33.6 Å². The molecule has 4 atom stereocenters. The summed E-state index contributed by atoms with van der Waals surface area (Å²) in [7, 11) is 3.18. The quantitative estimate of drug-likeness (QED) is 0.0777. The fourth-order valence-electron chi connectivity index (χ4n) is 3.43. The first-order valence-electron chi connectivity index (χ1n) is 15.6. The van der Waals surface area contributed by atoms with Crippen LogP contribution in [0.2, 0.25) is 0 Å². The van der Waals surface area contributed by atoms with Crippen LogP contribution in [0.3, 0.4) is 0 Å². The van der Waals surface area contributed by atoms with Gasteiger partial charge in [-0.25, -0.2) is 0 Å². The Bertz CT molecular complexity index is 919. The lowest BCUT2D eigenvalue weighted by Crippen LogP contribution is -2.59. The van der Waals surface area contributed by atoms with Crippen LogP contribution in [0.25, 0.3) is 0 Å². The van der Waals surface area contributed by atoms with E-state index in [4.69, 9.17) is 5.73 Å². The van der Waals surface area contributed by atoms with Crippen LogP contribution in [-0.4, -0.2) is 117 Å². The molecule has 0 aliphatic heterocycles. The van der Waals surface area contributed by atoms with Crippen molar-refractivity contribution >= 4 is 41.4 Å². The van der Waals surface area contributed by atoms with Crippen molar-refractivity contribution in [2.45, 2.75) is 98.8 Å². The molecule has 45 heavy (non-hydrogen) atoms. The molecule has 9 N–H and O–H groups in total. The molecule has 0 fully saturated rings. The van der Waals surface area contributed by atoms with Gasteiger partial charge in [0.25, 0.3) is 0 Å². The zero-order chi connectivity index (χ0) is 35.5. The number of hydrogen-bond acceptors (Lipinski definition) is 10. The molecule has 262 valence electrons. The maximum Gasteiger partial charge on any atom is 0.244 e. The number of imide groups is 1. The maximum atomic E-state index is 12.9. The Morgan fingerprint density at radius 3 is 1.80 bits per heavy atom. The molecule has 0 spiro atoms. The van der Waals surface area contributed by atoms with E-state index >= 15 is 0 Å². The number of amides is 7. The molecule has 7 amide bonds. The predicted octanol–water partition coefficient (Wildman–Crippen LogP) is -1.90. The van der Waals surface area contributed by atoms with Gasteiger partial charge in [0.1, 0.15) is 12.1 Å². The molecule has 0 bridgehead atoms. The van der Waals surface area contributed by atoms with Crippen LogP contribution in [0, 0.1) is 0 Å². The number of rotatable bonds is 19. The minimum Gasteiger partial charge on any atom is -0.353 e. The van der Waals surface area contributed by atoms with Gasteiger partial charge in [0, 0.05) is 38.5 Å². The summed E-state index contributed by atoms with van der Waals surface area (Å²) in [4.78, 5) is 87.9. The second-order valence-corrected chi connectivity index (χ2v) is 9.35. The van der Waals surface area contributed by atoms with E-state index in [9.17, 15) is 33.6 Å². The van der Waals surface area contributed by atoms with Gasteiger partial charge in [-0.05, 0) is 34.4 Å². The monoisotopic (exact) mass is 645 g/mol. The standard InChI is InChI=1S/C25H47N9O7.2C2H6/c1-7-9-22(38)34(21(37)8-2)18(10-26)25(41)30-12-17(33-20(36)13-27-5)24(40)31-14-19(35)29-11-15(3)32-23(39)16(4)28-6;2*1-2/h15-18,27-28H,7-14,26H2,1-6H3,(H,29,35)(H,30,41)(H,31,40)(H,32,39)(H,33,36);2*1-2H3/t15?,16?,17?,18-;;/m0../s1. The van der Waals surface area contributed by atoms with Crippen molar-refractivity contribution in [3.63, 3.8) is 0 Å². The number of likely N-dealkylation sites (N-methyl/N-ethyl adjacent to an activating group) is 2. The summed E-state index contributed by atoms with van der Waals surface area (Å²) in [5, 5.41) is 18.1. The first-order valence-corrected chi connectivity index (χ1v) is 15.6. The van der Waals surface area contributed by atoms with Gasteiger partial charge < -0.3 is 43.0 Å². The van der Waals surface area contributed by atoms with Crippen LogP contribution in [0.15, 0.2) is 0 Å². The van der Waals surface area contributed by atoms with E-state index in [0.717, 1.165) is 4.90 Å². The highest BCUT2D eigenvalue weighted by atomic mass is 16.2. The van der Waals surface area contributed by atoms with Gasteiger partial charge in [-0.15, -0.1) is 0 Å². The Morgan fingerprint density at radius 1 is 0.711 bits per heavy atom. The van der Waals surface area contributed by atoms with E-state index in [1.807, 2.05) is 27.7 Å². The van der Waals surface area contributed by atoms with Gasteiger partial charge >= 0.3 is 0 Å². The third-order valence-electron chi connectivity index (χ3n) is 5.85. The van der Waals surface area contributed by atoms with Crippen molar-refractivity contribution in [3.05, 3.63) is 0 Å². The Kier molecular flexibility index (Phi) is 28.4. The zero-order valence-corrected chi connectivity index (χ0v) is 28.8. The molecular formula is C29H59N9O7. The van der Waals surface area contributed by atoms with Crippen molar-refractivity contribution in [1.29, 1.82) is 0 Å². The van der Waals surface area contributed by atoms with Crippen LogP contribution < -0.4 is 43.0 Å². The normalized spacial score (nSPS) is 12.6. The number of hydrogen-bond donors (Lipinski definition) is 8. The summed E-state index contributed by atoms with van der Waals surface area (Å²) >= 11 is 0. The Hall–Kier alpha value is -3.63. The van der Waals surface area contributed by atoms with E-state index in [0.29, 0.717) is 6.42 Å². The molecule has 0 aliphatic carbocycles. The highest BCUT2D eigenvalue weighted by Crippen LogP contribution is 2.07. The Balaban J connectivity index is -0.00000422. The van der Waals surface area contributed by atoms with Gasteiger partial charge in [-0.2, -0.15) is 0 Å². The molecule has 0 rings (SSSR count). The highest BCUT2D eigenvalue weighted by Gasteiger charge is 2.33. The Morgan fingerprint density at radius 2 is 1.31 bits per heavy atom. The minimum absolute atomic E-state index is 0.0212. The third-order valence-corrected chi connectivity index (χ3v) is 5.85. The van der Waals surface area contributed by atoms with Crippen LogP contribution >= 0.6 is 0 Å². The predicted molar refractivity (Wildman–Crippen MR) is 174 cm³/mol. The lowest BCUT2D eigenvalue weighted by Gasteiger charge is -2.29. The summed E-state index contributed by atoms with van der Waals surface area (Å²) in [5.41, 5.74) is 5.73. The lowest BCUT2D eigenvalue weighted by atomic mass is 10.1. The van der Waals surface area contributed by atoms with Crippen LogP contribution in [0.4, 0.5) is 0 Å². The number of nitrogens with zero attached hydrogens (tertiary/aromatic N) is 1. The second-order valence-electron chi connectivity index (χ2n) is 9.35. The smallest absolute Gasteiger partial charge is 0.244 e. The number of carbonyl (C=O) groups is 7. The third kappa shape index (κ3) is 19.4. The lowest BCUT2D eigenvalue weighted by molar-refractivity contribution is -0.151. The highest BCUT2D eigenvalue weighted by molar-refractivity contribution is 6.00. The fourth-order valence-corrected chi connectivity index (χ4v) is 3.43. The van der Waals surface area contributed by atoms with Gasteiger partial charge in [0.05, 0.1) is 19.1 Å². The SMILES string of the molecule is CC.CC.CCCC(=O)N(C(=O)CC)[C@@H](CN)C(=O)NCC(NC(=O)CNC)C(=O)NCC(=O)NCC(C)NC(=O)C(C)NC. The van der Waals surface area contributed by atoms with Crippen molar-refractivity contribution in [3.8, 4) is 0 Å². The minimum atomic E-state index is -1.30. The van der Waals surface area contributed by atoms with Crippen molar-refractivity contribution in [2.75, 3.05) is 46.8 Å². The van der Waals surface area contributed by atoms with Gasteiger partial charge in [-0.3, -0.25) is 38.5 Å². The van der Waals surface area contributed by atoms with Crippen LogP contribution in [0.1, 0.15) is 74.7 Å². The van der Waals surface area contributed by atoms with Gasteiger partial charge in [-0.1, -0.05) is 41.5 Å². The molecule has 0 saturated carbocycles. The topological polar surface area (TPSA) is 233 Å². The van der Waals surface area contributed by atoms with Crippen LogP contribution in [0.5, 0.6) is 0 Å². The summed E-state index contributed by atoms with van der Waals surface area (Å²) in [6, 6.07) is -3.37. The van der Waals surface area contributed by atoms with E-state index in [2.05, 4.69) is 37.2 Å². The fraction of sp³-hybridized carbons (Fsp3) is 0.759. The molecular weight excluding hydrogens is 586 g/mol. The first kappa shape index (κ1) is 45.8. The molecule has 0 saturated heterocycles. The van der Waals surface area contributed by atoms with Crippen molar-refractivity contribution < 1.29 is 33.6 Å². The first-order chi connectivity index (χ1) is 21.4. The summed E-state index contributed by atoms with van der Waals surface area (Å²) in [6.45, 7) is 13.5. The zero-order valence-electron chi connectivity index (χ0n) is 28.8. The maximum absolute atomic E-state index is 12.9. The largest absolute Gasteiger partial charge is 0.353 e. The Labute approximate surface area is 268 Å². The van der Waals surface area contributed by atoms with E-state index < -0.39 is 66.7 Å². The molecule has 16 heteroatoms. The van der Waals surface area contributed by atoms with Crippen molar-refractivity contribution in [1.82, 2.24) is 42.1 Å². The average molecular weight is 646 g/mol. The summed E-state index contributed by atoms with van der Waals surface area (Å²) in [6.07, 6.45) is 0.483. The molecule has 16 nitrogen and oxygen atoms in total. The molecule has 0 radical (unpaired) electrons.